The number of ether oxygens (including phenoxy) is 1. The Hall–Kier alpha value is -3.36. The van der Waals surface area contributed by atoms with E-state index in [0.717, 1.165) is 18.9 Å². The number of nitro benzene ring substituents is 1. The van der Waals surface area contributed by atoms with Crippen LogP contribution in [0.5, 0.6) is 0 Å². The summed E-state index contributed by atoms with van der Waals surface area (Å²) in [6, 6.07) is 3.82. The third-order valence-electron chi connectivity index (χ3n) is 4.33. The maximum atomic E-state index is 12.7. The summed E-state index contributed by atoms with van der Waals surface area (Å²) in [4.78, 5) is 33.5. The number of nitrogens with one attached hydrogen (secondary N) is 2. The van der Waals surface area contributed by atoms with Crippen LogP contribution in [0.3, 0.4) is 0 Å². The Bertz CT molecular complexity index is 864. The lowest BCUT2D eigenvalue weighted by Crippen LogP contribution is -2.48. The number of esters is 1. The molecule has 0 heterocycles. The molecule has 0 spiro atoms. The third-order valence-corrected chi connectivity index (χ3v) is 4.33. The van der Waals surface area contributed by atoms with Gasteiger partial charge in [0.2, 0.25) is 0 Å². The second-order valence-electron chi connectivity index (χ2n) is 6.64. The van der Waals surface area contributed by atoms with Crippen LogP contribution >= 0.6 is 0 Å². The first kappa shape index (κ1) is 21.9. The minimum absolute atomic E-state index is 0.0361. The summed E-state index contributed by atoms with van der Waals surface area (Å²) >= 11 is 0. The van der Waals surface area contributed by atoms with Crippen LogP contribution in [-0.4, -0.2) is 35.5 Å². The number of nitro groups is 1. The van der Waals surface area contributed by atoms with Gasteiger partial charge in [0.05, 0.1) is 16.6 Å². The summed E-state index contributed by atoms with van der Waals surface area (Å²) < 4.78 is 42.7. The van der Waals surface area contributed by atoms with Crippen molar-refractivity contribution in [2.24, 2.45) is 5.92 Å². The number of benzene rings is 1. The molecule has 1 aromatic rings. The molecule has 2 N–H and O–H groups in total. The monoisotopic (exact) mass is 414 g/mol. The summed E-state index contributed by atoms with van der Waals surface area (Å²) in [5.41, 5.74) is -3.43. The molecule has 1 amide bonds. The molecule has 1 saturated carbocycles. The average molecular weight is 414 g/mol. The zero-order valence-corrected chi connectivity index (χ0v) is 15.2. The predicted octanol–water partition coefficient (Wildman–Crippen LogP) is 2.38. The molecule has 1 atom stereocenters. The van der Waals surface area contributed by atoms with Crippen molar-refractivity contribution in [1.29, 1.82) is 5.26 Å². The second-order valence-corrected chi connectivity index (χ2v) is 6.64. The van der Waals surface area contributed by atoms with Crippen LogP contribution in [-0.2, 0) is 20.5 Å². The van der Waals surface area contributed by atoms with Crippen LogP contribution in [0, 0.1) is 27.4 Å². The van der Waals surface area contributed by atoms with Gasteiger partial charge in [0.15, 0.2) is 6.61 Å². The van der Waals surface area contributed by atoms with Gasteiger partial charge >= 0.3 is 12.1 Å². The van der Waals surface area contributed by atoms with Crippen molar-refractivity contribution < 1.29 is 32.4 Å². The number of anilines is 1. The molecular weight excluding hydrogens is 397 g/mol. The highest BCUT2D eigenvalue weighted by molar-refractivity contribution is 5.83. The molecule has 156 valence electrons. The van der Waals surface area contributed by atoms with Crippen LogP contribution in [0.15, 0.2) is 18.2 Å². The van der Waals surface area contributed by atoms with Crippen molar-refractivity contribution >= 4 is 23.3 Å². The number of nitriles is 1. The van der Waals surface area contributed by atoms with E-state index < -0.39 is 52.9 Å². The lowest BCUT2D eigenvalue weighted by atomic mass is 9.98. The Kier molecular flexibility index (Phi) is 6.31. The molecule has 0 unspecified atom stereocenters. The second kappa shape index (κ2) is 8.34. The van der Waals surface area contributed by atoms with Gasteiger partial charge in [-0.1, -0.05) is 0 Å². The lowest BCUT2D eigenvalue weighted by Gasteiger charge is -2.22. The van der Waals surface area contributed by atoms with E-state index in [1.165, 1.54) is 0 Å². The van der Waals surface area contributed by atoms with E-state index in [1.54, 1.807) is 6.92 Å². The minimum atomic E-state index is -4.76. The number of halogens is 3. The summed E-state index contributed by atoms with van der Waals surface area (Å²) in [5.74, 6) is -1.61. The molecule has 2 rings (SSSR count). The van der Waals surface area contributed by atoms with E-state index in [4.69, 9.17) is 10.00 Å². The number of hydrogen-bond donors (Lipinski definition) is 2. The van der Waals surface area contributed by atoms with E-state index in [2.05, 4.69) is 10.6 Å². The zero-order valence-electron chi connectivity index (χ0n) is 15.2. The van der Waals surface area contributed by atoms with Crippen molar-refractivity contribution in [3.05, 3.63) is 33.9 Å². The Labute approximate surface area is 163 Å². The molecule has 0 bridgehead atoms. The Morgan fingerprint density at radius 2 is 2.03 bits per heavy atom. The first-order chi connectivity index (χ1) is 13.5. The van der Waals surface area contributed by atoms with Crippen LogP contribution < -0.4 is 10.6 Å². The number of rotatable bonds is 8. The standard InChI is InChI=1S/C17H17F3N4O5/c1-16(9-21,10-2-3-10)23-14(25)8-29-15(26)7-22-12-5-4-11(17(18,19)20)6-13(12)24(27)28/h4-6,10,22H,2-3,7-8H2,1H3,(H,23,25)/t16-/m0/s1. The minimum Gasteiger partial charge on any atom is -0.454 e. The van der Waals surface area contributed by atoms with Gasteiger partial charge in [-0.05, 0) is 37.8 Å². The summed E-state index contributed by atoms with van der Waals surface area (Å²) in [6.45, 7) is 0.285. The Balaban J connectivity index is 1.90. The summed E-state index contributed by atoms with van der Waals surface area (Å²) in [6.07, 6.45) is -3.14. The largest absolute Gasteiger partial charge is 0.454 e. The summed E-state index contributed by atoms with van der Waals surface area (Å²) in [7, 11) is 0. The molecule has 0 saturated heterocycles. The highest BCUT2D eigenvalue weighted by Gasteiger charge is 2.43. The quantitative estimate of drug-likeness (QED) is 0.379. The number of carbonyl (C=O) groups is 2. The number of alkyl halides is 3. The first-order valence-electron chi connectivity index (χ1n) is 8.43. The van der Waals surface area contributed by atoms with Gasteiger partial charge in [-0.25, -0.2) is 0 Å². The molecule has 9 nitrogen and oxygen atoms in total. The molecular formula is C17H17F3N4O5. The normalized spacial score (nSPS) is 15.6. The van der Waals surface area contributed by atoms with Crippen LogP contribution in [0.2, 0.25) is 0 Å². The van der Waals surface area contributed by atoms with Crippen LogP contribution in [0.25, 0.3) is 0 Å². The Morgan fingerprint density at radius 3 is 2.55 bits per heavy atom. The van der Waals surface area contributed by atoms with Crippen molar-refractivity contribution in [1.82, 2.24) is 5.32 Å². The van der Waals surface area contributed by atoms with Gasteiger partial charge < -0.3 is 15.4 Å². The van der Waals surface area contributed by atoms with Gasteiger partial charge in [-0.15, -0.1) is 0 Å². The molecule has 29 heavy (non-hydrogen) atoms. The number of amides is 1. The van der Waals surface area contributed by atoms with E-state index in [1.807, 2.05) is 6.07 Å². The van der Waals surface area contributed by atoms with Crippen molar-refractivity contribution in [2.75, 3.05) is 18.5 Å². The van der Waals surface area contributed by atoms with Gasteiger partial charge in [-0.3, -0.25) is 19.7 Å². The first-order valence-corrected chi connectivity index (χ1v) is 8.43. The van der Waals surface area contributed by atoms with E-state index in [-0.39, 0.29) is 11.6 Å². The number of hydrogen-bond acceptors (Lipinski definition) is 7. The molecule has 12 heteroatoms. The van der Waals surface area contributed by atoms with Crippen molar-refractivity contribution in [3.8, 4) is 6.07 Å². The predicted molar refractivity (Wildman–Crippen MR) is 92.4 cm³/mol. The topological polar surface area (TPSA) is 134 Å². The van der Waals surface area contributed by atoms with Gasteiger partial charge in [0.25, 0.3) is 11.6 Å². The van der Waals surface area contributed by atoms with Crippen LogP contribution in [0.4, 0.5) is 24.5 Å². The van der Waals surface area contributed by atoms with E-state index in [0.29, 0.717) is 12.1 Å². The molecule has 1 fully saturated rings. The fourth-order valence-corrected chi connectivity index (χ4v) is 2.58. The lowest BCUT2D eigenvalue weighted by molar-refractivity contribution is -0.384. The number of nitrogens with zero attached hydrogens (tertiary/aromatic N) is 2. The fraction of sp³-hybridized carbons (Fsp3) is 0.471. The summed E-state index contributed by atoms with van der Waals surface area (Å²) in [5, 5.41) is 25.0. The Morgan fingerprint density at radius 1 is 1.38 bits per heavy atom. The molecule has 0 aromatic heterocycles. The fourth-order valence-electron chi connectivity index (χ4n) is 2.58. The zero-order chi connectivity index (χ0) is 21.8. The molecule has 1 aliphatic carbocycles. The van der Waals surface area contributed by atoms with Gasteiger partial charge in [0, 0.05) is 6.07 Å². The van der Waals surface area contributed by atoms with E-state index >= 15 is 0 Å². The highest BCUT2D eigenvalue weighted by Crippen LogP contribution is 2.39. The molecule has 1 aliphatic rings. The third kappa shape index (κ3) is 5.81. The molecule has 0 radical (unpaired) electrons. The highest BCUT2D eigenvalue weighted by atomic mass is 19.4. The molecule has 1 aromatic carbocycles. The van der Waals surface area contributed by atoms with Crippen LogP contribution in [0.1, 0.15) is 25.3 Å². The maximum Gasteiger partial charge on any atom is 0.416 e. The van der Waals surface area contributed by atoms with Crippen molar-refractivity contribution in [3.63, 3.8) is 0 Å². The maximum absolute atomic E-state index is 12.7. The van der Waals surface area contributed by atoms with Gasteiger partial charge in [-0.2, -0.15) is 18.4 Å². The molecule has 0 aliphatic heterocycles. The smallest absolute Gasteiger partial charge is 0.416 e. The number of carbonyl (C=O) groups excluding carboxylic acids is 2. The van der Waals surface area contributed by atoms with Crippen molar-refractivity contribution in [2.45, 2.75) is 31.5 Å². The average Bonchev–Trinajstić information content (AvgIpc) is 3.49. The van der Waals surface area contributed by atoms with E-state index in [9.17, 15) is 32.9 Å². The SMILES string of the molecule is C[C@@](C#N)(NC(=O)COC(=O)CNc1ccc(C(F)(F)F)cc1[N+](=O)[O-])C1CC1. The van der Waals surface area contributed by atoms with Gasteiger partial charge in [0.1, 0.15) is 17.8 Å².